The summed E-state index contributed by atoms with van der Waals surface area (Å²) < 4.78 is 0. The first-order valence-corrected chi connectivity index (χ1v) is 7.98. The Labute approximate surface area is 147 Å². The topological polar surface area (TPSA) is 85.2 Å². The van der Waals surface area contributed by atoms with E-state index in [0.29, 0.717) is 25.1 Å². The number of carbonyl (C=O) groups excluding carboxylic acids is 2. The molecular weight excluding hydrogens is 328 g/mol. The highest BCUT2D eigenvalue weighted by Crippen LogP contribution is 2.20. The van der Waals surface area contributed by atoms with E-state index in [0.717, 1.165) is 12.8 Å². The van der Waals surface area contributed by atoms with Gasteiger partial charge in [-0.05, 0) is 31.4 Å². The Morgan fingerprint density at radius 2 is 2.04 bits per heavy atom. The van der Waals surface area contributed by atoms with Gasteiger partial charge in [0.05, 0.1) is 12.1 Å². The summed E-state index contributed by atoms with van der Waals surface area (Å²) in [7, 11) is 0. The summed E-state index contributed by atoms with van der Waals surface area (Å²) >= 11 is 0. The average molecular weight is 349 g/mol. The van der Waals surface area contributed by atoms with Gasteiger partial charge in [0.2, 0.25) is 5.91 Å². The van der Waals surface area contributed by atoms with Crippen LogP contribution in [0.3, 0.4) is 0 Å². The number of rotatable bonds is 3. The summed E-state index contributed by atoms with van der Waals surface area (Å²) in [5.41, 5.74) is 0.617. The van der Waals surface area contributed by atoms with Crippen molar-refractivity contribution in [3.8, 4) is 6.07 Å². The van der Waals surface area contributed by atoms with Crippen LogP contribution in [0.5, 0.6) is 0 Å². The van der Waals surface area contributed by atoms with Crippen molar-refractivity contribution < 1.29 is 9.59 Å². The van der Waals surface area contributed by atoms with Crippen molar-refractivity contribution in [3.63, 3.8) is 0 Å². The van der Waals surface area contributed by atoms with Crippen molar-refractivity contribution in [2.24, 2.45) is 0 Å². The van der Waals surface area contributed by atoms with Gasteiger partial charge in [0.15, 0.2) is 0 Å². The van der Waals surface area contributed by atoms with Crippen molar-refractivity contribution in [2.45, 2.75) is 37.4 Å². The van der Waals surface area contributed by atoms with Crippen LogP contribution < -0.4 is 10.6 Å². The Balaban J connectivity index is 0.00000208. The third-order valence-electron chi connectivity index (χ3n) is 4.49. The van der Waals surface area contributed by atoms with Crippen LogP contribution in [0.15, 0.2) is 30.3 Å². The lowest BCUT2D eigenvalue weighted by Crippen LogP contribution is -2.45. The minimum atomic E-state index is -0.315. The molecule has 2 aliphatic heterocycles. The fourth-order valence-electron chi connectivity index (χ4n) is 3.26. The van der Waals surface area contributed by atoms with Gasteiger partial charge >= 0.3 is 0 Å². The summed E-state index contributed by atoms with van der Waals surface area (Å²) in [6.07, 6.45) is 2.19. The Hall–Kier alpha value is -2.10. The molecule has 0 saturated carbocycles. The van der Waals surface area contributed by atoms with Crippen LogP contribution >= 0.6 is 12.4 Å². The van der Waals surface area contributed by atoms with Gasteiger partial charge in [0.25, 0.3) is 5.91 Å². The van der Waals surface area contributed by atoms with Gasteiger partial charge in [-0.1, -0.05) is 18.2 Å². The molecule has 0 aromatic heterocycles. The third-order valence-corrected chi connectivity index (χ3v) is 4.49. The summed E-state index contributed by atoms with van der Waals surface area (Å²) in [6, 6.07) is 10.5. The standard InChI is InChI=1S/C17H20N4O2.ClH/c18-10-14-7-4-8-21(14)17(23)15-9-13(11-19-15)20-16(22)12-5-2-1-3-6-12;/h1-3,5-6,13-15,19H,4,7-9,11H2,(H,20,22);1H/t13-,14-,15-;/m0./s1. The fraction of sp³-hybridized carbons (Fsp3) is 0.471. The predicted octanol–water partition coefficient (Wildman–Crippen LogP) is 1.08. The number of halogens is 1. The number of hydrogen-bond acceptors (Lipinski definition) is 4. The maximum Gasteiger partial charge on any atom is 0.251 e. The summed E-state index contributed by atoms with van der Waals surface area (Å²) in [5, 5.41) is 15.2. The number of nitrogens with zero attached hydrogens (tertiary/aromatic N) is 2. The van der Waals surface area contributed by atoms with E-state index in [1.54, 1.807) is 17.0 Å². The molecule has 128 valence electrons. The lowest BCUT2D eigenvalue weighted by Gasteiger charge is -2.23. The molecule has 2 aliphatic rings. The summed E-state index contributed by atoms with van der Waals surface area (Å²) in [5.74, 6) is -0.146. The molecule has 1 aromatic carbocycles. The first-order valence-electron chi connectivity index (χ1n) is 7.98. The third kappa shape index (κ3) is 3.86. The molecule has 3 rings (SSSR count). The maximum absolute atomic E-state index is 12.5. The van der Waals surface area contributed by atoms with E-state index in [4.69, 9.17) is 5.26 Å². The first-order chi connectivity index (χ1) is 11.2. The van der Waals surface area contributed by atoms with E-state index in [1.165, 1.54) is 0 Å². The van der Waals surface area contributed by atoms with Gasteiger partial charge in [-0.3, -0.25) is 9.59 Å². The lowest BCUT2D eigenvalue weighted by molar-refractivity contribution is -0.133. The molecule has 0 radical (unpaired) electrons. The molecule has 2 fully saturated rings. The molecule has 2 N–H and O–H groups in total. The van der Waals surface area contributed by atoms with Gasteiger partial charge in [-0.2, -0.15) is 5.26 Å². The van der Waals surface area contributed by atoms with E-state index in [2.05, 4.69) is 16.7 Å². The molecule has 2 heterocycles. The SMILES string of the molecule is Cl.N#C[C@@H]1CCCN1C(=O)[C@@H]1C[C@H](NC(=O)c2ccccc2)CN1. The van der Waals surface area contributed by atoms with Crippen molar-refractivity contribution in [2.75, 3.05) is 13.1 Å². The lowest BCUT2D eigenvalue weighted by atomic mass is 10.1. The minimum Gasteiger partial charge on any atom is -0.348 e. The number of amides is 2. The maximum atomic E-state index is 12.5. The molecule has 24 heavy (non-hydrogen) atoms. The normalized spacial score (nSPS) is 25.6. The van der Waals surface area contributed by atoms with Crippen LogP contribution in [0.1, 0.15) is 29.6 Å². The van der Waals surface area contributed by atoms with Crippen molar-refractivity contribution in [3.05, 3.63) is 35.9 Å². The van der Waals surface area contributed by atoms with E-state index in [1.807, 2.05) is 18.2 Å². The van der Waals surface area contributed by atoms with E-state index in [-0.39, 0.29) is 42.3 Å². The monoisotopic (exact) mass is 348 g/mol. The van der Waals surface area contributed by atoms with Crippen LogP contribution in [0.2, 0.25) is 0 Å². The molecule has 0 unspecified atom stereocenters. The molecule has 6 nitrogen and oxygen atoms in total. The zero-order chi connectivity index (χ0) is 16.2. The second kappa shape index (κ2) is 8.13. The molecule has 2 saturated heterocycles. The smallest absolute Gasteiger partial charge is 0.251 e. The van der Waals surface area contributed by atoms with Crippen LogP contribution in [0, 0.1) is 11.3 Å². The van der Waals surface area contributed by atoms with Gasteiger partial charge in [0.1, 0.15) is 6.04 Å². The van der Waals surface area contributed by atoms with Gasteiger partial charge in [-0.15, -0.1) is 12.4 Å². The molecule has 7 heteroatoms. The quantitative estimate of drug-likeness (QED) is 0.856. The molecule has 2 amide bonds. The van der Waals surface area contributed by atoms with E-state index < -0.39 is 0 Å². The zero-order valence-electron chi connectivity index (χ0n) is 13.3. The Morgan fingerprint density at radius 3 is 2.75 bits per heavy atom. The van der Waals surface area contributed by atoms with E-state index in [9.17, 15) is 9.59 Å². The van der Waals surface area contributed by atoms with Crippen LogP contribution in [0.4, 0.5) is 0 Å². The Kier molecular flexibility index (Phi) is 6.18. The number of nitriles is 1. The number of hydrogen-bond donors (Lipinski definition) is 2. The largest absolute Gasteiger partial charge is 0.348 e. The summed E-state index contributed by atoms with van der Waals surface area (Å²) in [6.45, 7) is 1.22. The van der Waals surface area contributed by atoms with Gasteiger partial charge < -0.3 is 15.5 Å². The number of benzene rings is 1. The van der Waals surface area contributed by atoms with Crippen molar-refractivity contribution in [1.29, 1.82) is 5.26 Å². The Morgan fingerprint density at radius 1 is 1.29 bits per heavy atom. The number of nitrogens with one attached hydrogen (secondary N) is 2. The van der Waals surface area contributed by atoms with E-state index >= 15 is 0 Å². The highest BCUT2D eigenvalue weighted by atomic mass is 35.5. The molecule has 0 aliphatic carbocycles. The number of carbonyl (C=O) groups is 2. The van der Waals surface area contributed by atoms with Gasteiger partial charge in [-0.25, -0.2) is 0 Å². The molecule has 3 atom stereocenters. The second-order valence-electron chi connectivity index (χ2n) is 6.05. The predicted molar refractivity (Wildman–Crippen MR) is 91.7 cm³/mol. The van der Waals surface area contributed by atoms with Crippen molar-refractivity contribution >= 4 is 24.2 Å². The molecule has 1 aromatic rings. The average Bonchev–Trinajstić information content (AvgIpc) is 3.24. The highest BCUT2D eigenvalue weighted by Gasteiger charge is 2.37. The van der Waals surface area contributed by atoms with Gasteiger partial charge in [0, 0.05) is 24.7 Å². The minimum absolute atomic E-state index is 0. The number of likely N-dealkylation sites (tertiary alicyclic amines) is 1. The van der Waals surface area contributed by atoms with Crippen LogP contribution in [-0.4, -0.2) is 47.9 Å². The fourth-order valence-corrected chi connectivity index (χ4v) is 3.26. The first kappa shape index (κ1) is 18.2. The molecule has 0 bridgehead atoms. The Bertz CT molecular complexity index is 631. The summed E-state index contributed by atoms with van der Waals surface area (Å²) in [4.78, 5) is 26.3. The molecule has 0 spiro atoms. The van der Waals surface area contributed by atoms with Crippen LogP contribution in [0.25, 0.3) is 0 Å². The zero-order valence-corrected chi connectivity index (χ0v) is 14.1. The second-order valence-corrected chi connectivity index (χ2v) is 6.05. The van der Waals surface area contributed by atoms with Crippen molar-refractivity contribution in [1.82, 2.24) is 15.5 Å². The molecular formula is C17H21ClN4O2. The highest BCUT2D eigenvalue weighted by molar-refractivity contribution is 5.94. The van der Waals surface area contributed by atoms with Crippen LogP contribution in [-0.2, 0) is 4.79 Å².